The number of fused-ring (bicyclic) bond motifs is 2. The fraction of sp³-hybridized carbons (Fsp3) is 0.385. The van der Waals surface area contributed by atoms with Crippen LogP contribution in [0.4, 0.5) is 15.8 Å². The lowest BCUT2D eigenvalue weighted by atomic mass is 10.1. The molecule has 3 heterocycles. The lowest BCUT2D eigenvalue weighted by Gasteiger charge is -2.19. The van der Waals surface area contributed by atoms with E-state index in [2.05, 4.69) is 37.6 Å². The molecule has 0 spiro atoms. The number of amides is 1. The Balaban J connectivity index is 1.46. The lowest BCUT2D eigenvalue weighted by molar-refractivity contribution is 0.102. The van der Waals surface area contributed by atoms with Gasteiger partial charge in [-0.1, -0.05) is 0 Å². The first-order chi connectivity index (χ1) is 17.8. The van der Waals surface area contributed by atoms with Gasteiger partial charge >= 0.3 is 6.01 Å². The summed E-state index contributed by atoms with van der Waals surface area (Å²) in [5, 5.41) is 11.5. The minimum atomic E-state index is -0.511. The molecule has 1 aliphatic heterocycles. The van der Waals surface area contributed by atoms with Crippen LogP contribution in [0.15, 0.2) is 36.7 Å². The fourth-order valence-electron chi connectivity index (χ4n) is 4.62. The molecule has 1 saturated heterocycles. The monoisotopic (exact) mass is 506 g/mol. The number of rotatable bonds is 8. The second-order valence-electron chi connectivity index (χ2n) is 9.67. The van der Waals surface area contributed by atoms with Gasteiger partial charge in [-0.3, -0.25) is 9.48 Å². The number of benzene rings is 2. The summed E-state index contributed by atoms with van der Waals surface area (Å²) >= 11 is 0. The molecule has 11 heteroatoms. The number of carbonyl (C=O) groups excluding carboxylic acids is 1. The predicted octanol–water partition coefficient (Wildman–Crippen LogP) is 3.14. The molecule has 0 aliphatic carbocycles. The second-order valence-corrected chi connectivity index (χ2v) is 9.67. The summed E-state index contributed by atoms with van der Waals surface area (Å²) < 4.78 is 22.0. The van der Waals surface area contributed by atoms with Crippen molar-refractivity contribution in [3.8, 4) is 6.01 Å². The number of aromatic nitrogens is 4. The Labute approximate surface area is 214 Å². The zero-order valence-corrected chi connectivity index (χ0v) is 21.2. The molecule has 2 atom stereocenters. The normalized spacial score (nSPS) is 16.8. The molecule has 10 nitrogen and oxygen atoms in total. The molecule has 0 saturated carbocycles. The molecule has 1 unspecified atom stereocenters. The van der Waals surface area contributed by atoms with Crippen molar-refractivity contribution >= 4 is 39.1 Å². The zero-order valence-electron chi connectivity index (χ0n) is 21.2. The molecule has 2 aromatic carbocycles. The fourth-order valence-corrected chi connectivity index (χ4v) is 4.62. The third-order valence-electron chi connectivity index (χ3n) is 6.60. The van der Waals surface area contributed by atoms with Gasteiger partial charge in [-0.15, -0.1) is 0 Å². The molecule has 2 aromatic heterocycles. The molecule has 37 heavy (non-hydrogen) atoms. The van der Waals surface area contributed by atoms with Gasteiger partial charge in [0.05, 0.1) is 11.1 Å². The van der Waals surface area contributed by atoms with E-state index in [1.807, 2.05) is 6.92 Å². The molecule has 4 N–H and O–H groups in total. The molecule has 1 aliphatic rings. The molecular weight excluding hydrogens is 475 g/mol. The summed E-state index contributed by atoms with van der Waals surface area (Å²) in [6, 6.07) is 6.86. The molecule has 0 radical (unpaired) electrons. The molecule has 5 rings (SSSR count). The van der Waals surface area contributed by atoms with Crippen molar-refractivity contribution in [1.29, 1.82) is 0 Å². The van der Waals surface area contributed by atoms with Crippen LogP contribution in [0.5, 0.6) is 6.01 Å². The number of halogens is 1. The summed E-state index contributed by atoms with van der Waals surface area (Å²) in [4.78, 5) is 24.6. The van der Waals surface area contributed by atoms with Crippen molar-refractivity contribution in [3.05, 3.63) is 48.0 Å². The highest BCUT2D eigenvalue weighted by molar-refractivity contribution is 6.14. The lowest BCUT2D eigenvalue weighted by Crippen LogP contribution is -2.30. The average molecular weight is 507 g/mol. The van der Waals surface area contributed by atoms with Crippen LogP contribution in [0.2, 0.25) is 0 Å². The number of likely N-dealkylation sites (N-methyl/N-ethyl adjacent to an activating group) is 1. The number of aryl methyl sites for hydroxylation is 1. The Morgan fingerprint density at radius 2 is 2.14 bits per heavy atom. The van der Waals surface area contributed by atoms with Gasteiger partial charge in [-0.05, 0) is 57.6 Å². The van der Waals surface area contributed by atoms with Gasteiger partial charge in [-0.25, -0.2) is 9.37 Å². The van der Waals surface area contributed by atoms with Gasteiger partial charge in [0, 0.05) is 60.2 Å². The standard InChI is InChI=1S/C26H31FN8O2/c1-15(28)11-29-22-7-6-19(25(36)31-17-9-16-13-35(3)33-23(16)21(27)10-17)24-20(22)12-30-26(32-24)37-14-18-5-4-8-34(18)2/h6-7,9-10,12-13,15,18,29H,4-5,8,11,14,28H2,1-3H3,(H,31,36)/t15-,18?/m0/s1. The van der Waals surface area contributed by atoms with E-state index in [4.69, 9.17) is 10.5 Å². The highest BCUT2D eigenvalue weighted by Crippen LogP contribution is 2.28. The van der Waals surface area contributed by atoms with Crippen LogP contribution in [0.1, 0.15) is 30.1 Å². The summed E-state index contributed by atoms with van der Waals surface area (Å²) in [5.74, 6) is -0.935. The van der Waals surface area contributed by atoms with Crippen molar-refractivity contribution in [2.24, 2.45) is 12.8 Å². The van der Waals surface area contributed by atoms with E-state index < -0.39 is 11.7 Å². The Morgan fingerprint density at radius 1 is 1.30 bits per heavy atom. The van der Waals surface area contributed by atoms with Crippen molar-refractivity contribution in [2.75, 3.05) is 37.4 Å². The van der Waals surface area contributed by atoms with Crippen LogP contribution in [0.25, 0.3) is 21.8 Å². The molecule has 194 valence electrons. The van der Waals surface area contributed by atoms with Crippen LogP contribution < -0.4 is 21.1 Å². The van der Waals surface area contributed by atoms with Gasteiger partial charge in [0.25, 0.3) is 5.91 Å². The predicted molar refractivity (Wildman–Crippen MR) is 141 cm³/mol. The highest BCUT2D eigenvalue weighted by Gasteiger charge is 2.22. The molecule has 1 fully saturated rings. The maximum Gasteiger partial charge on any atom is 0.316 e. The third kappa shape index (κ3) is 5.32. The number of nitrogens with one attached hydrogen (secondary N) is 2. The Bertz CT molecular complexity index is 1450. The number of hydrogen-bond acceptors (Lipinski definition) is 8. The molecular formula is C26H31FN8O2. The van der Waals surface area contributed by atoms with E-state index in [-0.39, 0.29) is 17.6 Å². The van der Waals surface area contributed by atoms with Gasteiger partial charge < -0.3 is 26.0 Å². The third-order valence-corrected chi connectivity index (χ3v) is 6.60. The first-order valence-electron chi connectivity index (χ1n) is 12.3. The van der Waals surface area contributed by atoms with Crippen LogP contribution in [0.3, 0.4) is 0 Å². The summed E-state index contributed by atoms with van der Waals surface area (Å²) in [6.45, 7) is 3.95. The van der Waals surface area contributed by atoms with Gasteiger partial charge in [0.15, 0.2) is 5.82 Å². The van der Waals surface area contributed by atoms with Crippen molar-refractivity contribution in [2.45, 2.75) is 31.8 Å². The SMILES string of the molecule is C[C@H](N)CNc1ccc(C(=O)Nc2cc(F)c3nn(C)cc3c2)c2nc(OCC3CCCN3C)ncc12. The van der Waals surface area contributed by atoms with Gasteiger partial charge in [0.2, 0.25) is 0 Å². The van der Waals surface area contributed by atoms with E-state index >= 15 is 0 Å². The number of likely N-dealkylation sites (tertiary alicyclic amines) is 1. The number of nitrogens with two attached hydrogens (primary N) is 1. The first kappa shape index (κ1) is 24.8. The maximum absolute atomic E-state index is 14.6. The van der Waals surface area contributed by atoms with Crippen molar-refractivity contribution in [3.63, 3.8) is 0 Å². The number of nitrogens with zero attached hydrogens (tertiary/aromatic N) is 5. The summed E-state index contributed by atoms with van der Waals surface area (Å²) in [6.07, 6.45) is 5.53. The van der Waals surface area contributed by atoms with E-state index in [0.717, 1.165) is 25.1 Å². The second kappa shape index (κ2) is 10.3. The number of anilines is 2. The van der Waals surface area contributed by atoms with Crippen LogP contribution >= 0.6 is 0 Å². The summed E-state index contributed by atoms with van der Waals surface area (Å²) in [5.41, 5.74) is 8.00. The molecule has 0 bridgehead atoms. The van der Waals surface area contributed by atoms with E-state index in [0.29, 0.717) is 46.7 Å². The number of ether oxygens (including phenoxy) is 1. The van der Waals surface area contributed by atoms with Gasteiger partial charge in [-0.2, -0.15) is 10.1 Å². The Morgan fingerprint density at radius 3 is 2.89 bits per heavy atom. The summed E-state index contributed by atoms with van der Waals surface area (Å²) in [7, 11) is 3.79. The zero-order chi connectivity index (χ0) is 26.1. The number of hydrogen-bond donors (Lipinski definition) is 3. The number of carbonyl (C=O) groups is 1. The highest BCUT2D eigenvalue weighted by atomic mass is 19.1. The first-order valence-corrected chi connectivity index (χ1v) is 12.3. The quantitative estimate of drug-likeness (QED) is 0.333. The van der Waals surface area contributed by atoms with E-state index in [9.17, 15) is 9.18 Å². The maximum atomic E-state index is 14.6. The van der Waals surface area contributed by atoms with Crippen LogP contribution in [0, 0.1) is 5.82 Å². The van der Waals surface area contributed by atoms with E-state index in [1.54, 1.807) is 37.6 Å². The topological polar surface area (TPSA) is 123 Å². The minimum absolute atomic E-state index is 0.0674. The Kier molecular flexibility index (Phi) is 6.90. The van der Waals surface area contributed by atoms with Gasteiger partial charge in [0.1, 0.15) is 12.1 Å². The smallest absolute Gasteiger partial charge is 0.316 e. The van der Waals surface area contributed by atoms with Crippen molar-refractivity contribution < 1.29 is 13.9 Å². The van der Waals surface area contributed by atoms with E-state index in [1.165, 1.54) is 10.7 Å². The van der Waals surface area contributed by atoms with Crippen LogP contribution in [-0.2, 0) is 7.05 Å². The average Bonchev–Trinajstić information content (AvgIpc) is 3.45. The minimum Gasteiger partial charge on any atom is -0.462 e. The van der Waals surface area contributed by atoms with Crippen molar-refractivity contribution in [1.82, 2.24) is 24.6 Å². The largest absolute Gasteiger partial charge is 0.462 e. The molecule has 4 aromatic rings. The Hall–Kier alpha value is -3.83. The molecule has 1 amide bonds. The van der Waals surface area contributed by atoms with Crippen LogP contribution in [-0.4, -0.2) is 69.4 Å².